The Morgan fingerprint density at radius 2 is 1.75 bits per heavy atom. The van der Waals surface area contributed by atoms with E-state index in [-0.39, 0.29) is 12.3 Å². The number of fused-ring (bicyclic) bond motifs is 1. The van der Waals surface area contributed by atoms with Gasteiger partial charge in [0.1, 0.15) is 6.61 Å². The predicted molar refractivity (Wildman–Crippen MR) is 125 cm³/mol. The minimum atomic E-state index is -3.36. The summed E-state index contributed by atoms with van der Waals surface area (Å²) < 4.78 is 24.6. The van der Waals surface area contributed by atoms with Crippen molar-refractivity contribution in [2.24, 2.45) is 0 Å². The van der Waals surface area contributed by atoms with Gasteiger partial charge in [0.2, 0.25) is 5.69 Å². The average Bonchev–Trinajstić information content (AvgIpc) is 2.77. The number of nitrogens with zero attached hydrogens (tertiary/aromatic N) is 2. The van der Waals surface area contributed by atoms with Crippen LogP contribution in [-0.4, -0.2) is 24.8 Å². The molecule has 0 saturated carbocycles. The molecule has 0 aliphatic heterocycles. The van der Waals surface area contributed by atoms with Crippen molar-refractivity contribution in [3.63, 3.8) is 0 Å². The monoisotopic (exact) mass is 448 g/mol. The third kappa shape index (κ3) is 3.85. The van der Waals surface area contributed by atoms with E-state index in [4.69, 9.17) is 0 Å². The van der Waals surface area contributed by atoms with Crippen LogP contribution in [0.2, 0.25) is 0 Å². The van der Waals surface area contributed by atoms with E-state index in [9.17, 15) is 18.7 Å². The summed E-state index contributed by atoms with van der Waals surface area (Å²) in [6, 6.07) is 18.6. The Kier molecular flexibility index (Phi) is 5.48. The molecule has 0 aliphatic rings. The summed E-state index contributed by atoms with van der Waals surface area (Å²) in [5.41, 5.74) is 4.95. The van der Waals surface area contributed by atoms with Gasteiger partial charge in [-0.05, 0) is 60.9 Å². The maximum Gasteiger partial charge on any atom is 0.218 e. The summed E-state index contributed by atoms with van der Waals surface area (Å²) in [6.07, 6.45) is 4.39. The normalized spacial score (nSPS) is 12.2. The van der Waals surface area contributed by atoms with E-state index >= 15 is 0 Å². The third-order valence-corrected chi connectivity index (χ3v) is 8.08. The molecular weight excluding hydrogens is 424 g/mol. The van der Waals surface area contributed by atoms with E-state index in [1.54, 1.807) is 32.2 Å². The molecule has 0 fully saturated rings. The van der Waals surface area contributed by atoms with Gasteiger partial charge in [0.05, 0.1) is 10.3 Å². The number of pyridine rings is 2. The minimum Gasteiger partial charge on any atom is -0.618 e. The SMILES string of the molecule is CC(C)(c1cc(-c2cccc(-c3ccc(CO)[n+]([O-])c3)c2)c2ncccc2c1)S(C)(=O)=O. The topological polar surface area (TPSA) is 94.2 Å². The van der Waals surface area contributed by atoms with Crippen molar-refractivity contribution in [3.05, 3.63) is 89.5 Å². The molecule has 7 heteroatoms. The fourth-order valence-corrected chi connectivity index (χ4v) is 4.19. The van der Waals surface area contributed by atoms with Crippen LogP contribution in [0.1, 0.15) is 25.1 Å². The number of aromatic nitrogens is 2. The summed E-state index contributed by atoms with van der Waals surface area (Å²) in [5.74, 6) is 0. The molecule has 4 aromatic rings. The third-order valence-electron chi connectivity index (χ3n) is 5.99. The smallest absolute Gasteiger partial charge is 0.218 e. The Balaban J connectivity index is 1.92. The van der Waals surface area contributed by atoms with Gasteiger partial charge in [-0.25, -0.2) is 8.42 Å². The summed E-state index contributed by atoms with van der Waals surface area (Å²) in [5, 5.41) is 22.2. The molecule has 0 saturated heterocycles. The molecule has 0 aliphatic carbocycles. The fraction of sp³-hybridized carbons (Fsp3) is 0.200. The molecule has 1 N–H and O–H groups in total. The van der Waals surface area contributed by atoms with Gasteiger partial charge >= 0.3 is 0 Å². The molecule has 2 aromatic carbocycles. The molecule has 2 heterocycles. The molecule has 4 rings (SSSR count). The van der Waals surface area contributed by atoms with Crippen LogP contribution in [0.3, 0.4) is 0 Å². The molecule has 0 spiro atoms. The molecule has 32 heavy (non-hydrogen) atoms. The van der Waals surface area contributed by atoms with Gasteiger partial charge in [0.25, 0.3) is 0 Å². The van der Waals surface area contributed by atoms with Crippen molar-refractivity contribution in [2.75, 3.05) is 6.26 Å². The number of aliphatic hydroxyl groups excluding tert-OH is 1. The largest absolute Gasteiger partial charge is 0.618 e. The second-order valence-corrected chi connectivity index (χ2v) is 10.9. The highest BCUT2D eigenvalue weighted by atomic mass is 32.2. The molecular formula is C25H24N2O4S. The second kappa shape index (κ2) is 8.00. The quantitative estimate of drug-likeness (QED) is 0.368. The lowest BCUT2D eigenvalue weighted by Crippen LogP contribution is -2.31. The summed E-state index contributed by atoms with van der Waals surface area (Å²) >= 11 is 0. The number of aliphatic hydroxyl groups is 1. The van der Waals surface area contributed by atoms with Crippen molar-refractivity contribution in [3.8, 4) is 22.3 Å². The second-order valence-electron chi connectivity index (χ2n) is 8.36. The van der Waals surface area contributed by atoms with E-state index in [1.807, 2.05) is 48.5 Å². The predicted octanol–water partition coefficient (Wildman–Crippen LogP) is 3.97. The highest BCUT2D eigenvalue weighted by Gasteiger charge is 2.33. The first-order valence-electron chi connectivity index (χ1n) is 10.1. The number of hydrogen-bond acceptors (Lipinski definition) is 5. The summed E-state index contributed by atoms with van der Waals surface area (Å²) in [4.78, 5) is 4.55. The average molecular weight is 449 g/mol. The van der Waals surface area contributed by atoms with Crippen LogP contribution in [0, 0.1) is 5.21 Å². The van der Waals surface area contributed by atoms with E-state index in [2.05, 4.69) is 4.98 Å². The lowest BCUT2D eigenvalue weighted by atomic mass is 9.92. The van der Waals surface area contributed by atoms with Crippen molar-refractivity contribution in [1.29, 1.82) is 0 Å². The highest BCUT2D eigenvalue weighted by molar-refractivity contribution is 7.91. The Morgan fingerprint density at radius 3 is 2.44 bits per heavy atom. The van der Waals surface area contributed by atoms with Gasteiger partial charge in [-0.1, -0.05) is 24.3 Å². The molecule has 0 amide bonds. The molecule has 0 radical (unpaired) electrons. The van der Waals surface area contributed by atoms with Crippen LogP contribution >= 0.6 is 0 Å². The molecule has 0 unspecified atom stereocenters. The Bertz CT molecular complexity index is 1430. The zero-order valence-corrected chi connectivity index (χ0v) is 18.9. The zero-order valence-electron chi connectivity index (χ0n) is 18.1. The van der Waals surface area contributed by atoms with E-state index in [1.165, 1.54) is 12.5 Å². The first-order valence-corrected chi connectivity index (χ1v) is 12.0. The van der Waals surface area contributed by atoms with E-state index in [0.717, 1.165) is 27.6 Å². The number of rotatable bonds is 5. The van der Waals surface area contributed by atoms with Gasteiger partial charge in [0, 0.05) is 35.0 Å². The van der Waals surface area contributed by atoms with Crippen LogP contribution in [0.5, 0.6) is 0 Å². The van der Waals surface area contributed by atoms with Gasteiger partial charge < -0.3 is 10.3 Å². The maximum atomic E-state index is 12.5. The van der Waals surface area contributed by atoms with E-state index < -0.39 is 14.6 Å². The van der Waals surface area contributed by atoms with Gasteiger partial charge in [-0.15, -0.1) is 0 Å². The maximum absolute atomic E-state index is 12.5. The van der Waals surface area contributed by atoms with Crippen molar-refractivity contribution >= 4 is 20.7 Å². The first-order chi connectivity index (χ1) is 15.1. The lowest BCUT2D eigenvalue weighted by molar-refractivity contribution is -0.615. The Labute approximate surface area is 187 Å². The molecule has 0 bridgehead atoms. The number of sulfone groups is 1. The van der Waals surface area contributed by atoms with E-state index in [0.29, 0.717) is 15.9 Å². The highest BCUT2D eigenvalue weighted by Crippen LogP contribution is 2.37. The van der Waals surface area contributed by atoms with Crippen LogP contribution in [0.15, 0.2) is 73.1 Å². The minimum absolute atomic E-state index is 0.274. The zero-order chi connectivity index (χ0) is 23.1. The first kappa shape index (κ1) is 21.9. The van der Waals surface area contributed by atoms with Crippen LogP contribution in [0.25, 0.3) is 33.2 Å². The molecule has 2 aromatic heterocycles. The fourth-order valence-electron chi connectivity index (χ4n) is 3.65. The van der Waals surface area contributed by atoms with Gasteiger partial charge in [0.15, 0.2) is 16.0 Å². The Hall–Kier alpha value is -3.29. The summed E-state index contributed by atoms with van der Waals surface area (Å²) in [7, 11) is -3.36. The van der Waals surface area contributed by atoms with Crippen LogP contribution in [0.4, 0.5) is 0 Å². The number of benzene rings is 2. The van der Waals surface area contributed by atoms with Crippen molar-refractivity contribution in [1.82, 2.24) is 4.98 Å². The lowest BCUT2D eigenvalue weighted by Gasteiger charge is -2.24. The molecule has 0 atom stereocenters. The molecule has 6 nitrogen and oxygen atoms in total. The van der Waals surface area contributed by atoms with Crippen LogP contribution < -0.4 is 4.73 Å². The van der Waals surface area contributed by atoms with Crippen molar-refractivity contribution < 1.29 is 18.3 Å². The number of hydrogen-bond donors (Lipinski definition) is 1. The van der Waals surface area contributed by atoms with Crippen LogP contribution in [-0.2, 0) is 21.2 Å². The molecule has 164 valence electrons. The summed E-state index contributed by atoms with van der Waals surface area (Å²) in [6.45, 7) is 3.08. The Morgan fingerprint density at radius 1 is 1.00 bits per heavy atom. The van der Waals surface area contributed by atoms with Crippen molar-refractivity contribution in [2.45, 2.75) is 25.2 Å². The standard InChI is InChI=1S/C25H24N2O4S/c1-25(2,32(3,30)31)21-13-19-8-5-11-26-24(19)23(14-21)18-7-4-6-17(12-18)20-9-10-22(16-28)27(29)15-20/h4-15,28H,16H2,1-3H3. The van der Waals surface area contributed by atoms with Gasteiger partial charge in [-0.3, -0.25) is 4.98 Å². The van der Waals surface area contributed by atoms with Gasteiger partial charge in [-0.2, -0.15) is 4.73 Å².